The first-order chi connectivity index (χ1) is 12.5. The molecule has 1 aromatic heterocycles. The Bertz CT molecular complexity index is 892. The van der Waals surface area contributed by atoms with Gasteiger partial charge in [-0.3, -0.25) is 4.79 Å². The Morgan fingerprint density at radius 1 is 1.35 bits per heavy atom. The number of carboxylic acids is 1. The summed E-state index contributed by atoms with van der Waals surface area (Å²) in [6.07, 6.45) is 2.06. The molecule has 0 fully saturated rings. The van der Waals surface area contributed by atoms with Crippen LogP contribution in [0.2, 0.25) is 5.02 Å². The maximum Gasteiger partial charge on any atom is 0.341 e. The Labute approximate surface area is 154 Å². The highest BCUT2D eigenvalue weighted by molar-refractivity contribution is 6.32. The Kier molecular flexibility index (Phi) is 5.49. The van der Waals surface area contributed by atoms with Crippen molar-refractivity contribution in [2.24, 2.45) is 0 Å². The van der Waals surface area contributed by atoms with E-state index in [2.05, 4.69) is 0 Å². The smallest absolute Gasteiger partial charge is 0.341 e. The number of halogens is 1. The van der Waals surface area contributed by atoms with Crippen LogP contribution in [0.15, 0.2) is 29.2 Å². The van der Waals surface area contributed by atoms with E-state index >= 15 is 0 Å². The summed E-state index contributed by atoms with van der Waals surface area (Å²) in [4.78, 5) is 23.3. The number of hydrogen-bond donors (Lipinski definition) is 1. The minimum Gasteiger partial charge on any atom is -0.492 e. The van der Waals surface area contributed by atoms with E-state index < -0.39 is 11.4 Å². The number of carboxylic acid groups (broad SMARTS) is 1. The molecule has 1 N–H and O–H groups in total. The van der Waals surface area contributed by atoms with Gasteiger partial charge in [-0.2, -0.15) is 0 Å². The number of aromatic nitrogens is 1. The summed E-state index contributed by atoms with van der Waals surface area (Å²) in [6.45, 7) is 1.77. The summed E-state index contributed by atoms with van der Waals surface area (Å²) in [5, 5.41) is 9.53. The molecule has 2 heterocycles. The number of pyridine rings is 1. The normalized spacial score (nSPS) is 12.5. The van der Waals surface area contributed by atoms with Gasteiger partial charge in [0.25, 0.3) is 0 Å². The predicted molar refractivity (Wildman–Crippen MR) is 95.6 cm³/mol. The molecule has 0 atom stereocenters. The van der Waals surface area contributed by atoms with Crippen molar-refractivity contribution in [1.29, 1.82) is 0 Å². The van der Waals surface area contributed by atoms with Crippen LogP contribution in [-0.4, -0.2) is 42.6 Å². The second-order valence-electron chi connectivity index (χ2n) is 5.76. The molecule has 0 radical (unpaired) electrons. The van der Waals surface area contributed by atoms with E-state index in [-0.39, 0.29) is 5.56 Å². The van der Waals surface area contributed by atoms with E-state index in [4.69, 9.17) is 30.9 Å². The molecule has 0 bridgehead atoms. The van der Waals surface area contributed by atoms with Crippen LogP contribution in [0, 0.1) is 0 Å². The highest BCUT2D eigenvalue weighted by atomic mass is 35.5. The molecule has 1 aliphatic heterocycles. The fraction of sp³-hybridized carbons (Fsp3) is 0.333. The van der Waals surface area contributed by atoms with Gasteiger partial charge in [0, 0.05) is 44.0 Å². The Hall–Kier alpha value is -2.51. The molecule has 0 amide bonds. The monoisotopic (exact) mass is 379 g/mol. The van der Waals surface area contributed by atoms with Crippen molar-refractivity contribution in [1.82, 2.24) is 4.57 Å². The molecule has 3 rings (SSSR count). The minimum absolute atomic E-state index is 0.276. The number of carbonyl (C=O) groups is 1. The lowest BCUT2D eigenvalue weighted by atomic mass is 10.1. The second kappa shape index (κ2) is 7.80. The Balaban J connectivity index is 2.00. The molecule has 8 heteroatoms. The summed E-state index contributed by atoms with van der Waals surface area (Å²) < 4.78 is 18.1. The summed E-state index contributed by atoms with van der Waals surface area (Å²) in [6, 6.07) is 4.65. The summed E-state index contributed by atoms with van der Waals surface area (Å²) in [7, 11) is 1.62. The zero-order chi connectivity index (χ0) is 18.7. The van der Waals surface area contributed by atoms with Crippen molar-refractivity contribution in [3.05, 3.63) is 45.2 Å². The van der Waals surface area contributed by atoms with Gasteiger partial charge in [-0.15, -0.1) is 0 Å². The summed E-state index contributed by atoms with van der Waals surface area (Å²) in [5.41, 5.74) is 0.333. The van der Waals surface area contributed by atoms with Gasteiger partial charge in [-0.25, -0.2) is 4.79 Å². The standard InChI is InChI=1S/C18H18ClNO6/c1-24-4-2-5-25-17-9-16-11(7-13(17)19)14-8-15(21)12(18(22)23)10-20(14)3-6-26-16/h7-10H,2-6H2,1H3,(H,22,23). The highest BCUT2D eigenvalue weighted by Gasteiger charge is 2.21. The van der Waals surface area contributed by atoms with Gasteiger partial charge in [0.15, 0.2) is 5.43 Å². The van der Waals surface area contributed by atoms with E-state index in [0.717, 1.165) is 6.42 Å². The minimum atomic E-state index is -1.26. The van der Waals surface area contributed by atoms with Gasteiger partial charge in [0.1, 0.15) is 23.7 Å². The molecule has 1 aromatic carbocycles. The molecule has 26 heavy (non-hydrogen) atoms. The van der Waals surface area contributed by atoms with Crippen LogP contribution in [0.3, 0.4) is 0 Å². The van der Waals surface area contributed by atoms with Crippen LogP contribution in [-0.2, 0) is 11.3 Å². The number of benzene rings is 1. The van der Waals surface area contributed by atoms with E-state index in [0.29, 0.717) is 54.1 Å². The van der Waals surface area contributed by atoms with Crippen molar-refractivity contribution in [3.8, 4) is 22.8 Å². The van der Waals surface area contributed by atoms with Crippen molar-refractivity contribution in [2.45, 2.75) is 13.0 Å². The van der Waals surface area contributed by atoms with Gasteiger partial charge in [-0.1, -0.05) is 11.6 Å². The molecule has 138 valence electrons. The molecule has 0 saturated carbocycles. The quantitative estimate of drug-likeness (QED) is 0.776. The SMILES string of the molecule is COCCCOc1cc2c(cc1Cl)-c1cc(=O)c(C(=O)O)cn1CCO2. The lowest BCUT2D eigenvalue weighted by molar-refractivity contribution is 0.0694. The van der Waals surface area contributed by atoms with Gasteiger partial charge in [-0.05, 0) is 6.07 Å². The lowest BCUT2D eigenvalue weighted by Crippen LogP contribution is -2.19. The first-order valence-corrected chi connectivity index (χ1v) is 8.45. The van der Waals surface area contributed by atoms with Crippen LogP contribution in [0.5, 0.6) is 11.5 Å². The van der Waals surface area contributed by atoms with Crippen LogP contribution in [0.4, 0.5) is 0 Å². The summed E-state index contributed by atoms with van der Waals surface area (Å²) >= 11 is 6.32. The average molecular weight is 380 g/mol. The van der Waals surface area contributed by atoms with Crippen molar-refractivity contribution < 1.29 is 24.1 Å². The number of hydrogen-bond acceptors (Lipinski definition) is 5. The third-order valence-corrected chi connectivity index (χ3v) is 4.30. The highest BCUT2D eigenvalue weighted by Crippen LogP contribution is 2.39. The fourth-order valence-corrected chi connectivity index (χ4v) is 2.97. The number of ether oxygens (including phenoxy) is 3. The number of fused-ring (bicyclic) bond motifs is 3. The second-order valence-corrected chi connectivity index (χ2v) is 6.16. The molecule has 0 saturated heterocycles. The fourth-order valence-electron chi connectivity index (χ4n) is 2.76. The zero-order valence-electron chi connectivity index (χ0n) is 14.2. The molecule has 7 nitrogen and oxygen atoms in total. The Morgan fingerprint density at radius 2 is 2.15 bits per heavy atom. The van der Waals surface area contributed by atoms with Crippen molar-refractivity contribution in [3.63, 3.8) is 0 Å². The van der Waals surface area contributed by atoms with Gasteiger partial charge < -0.3 is 23.9 Å². The number of rotatable bonds is 6. The first-order valence-electron chi connectivity index (χ1n) is 8.07. The summed E-state index contributed by atoms with van der Waals surface area (Å²) in [5.74, 6) is -0.238. The number of methoxy groups -OCH3 is 1. The van der Waals surface area contributed by atoms with E-state index in [9.17, 15) is 9.59 Å². The third-order valence-electron chi connectivity index (χ3n) is 4.01. The topological polar surface area (TPSA) is 87.0 Å². The van der Waals surface area contributed by atoms with Crippen molar-refractivity contribution in [2.75, 3.05) is 26.9 Å². The van der Waals surface area contributed by atoms with Crippen LogP contribution in [0.1, 0.15) is 16.8 Å². The molecular formula is C18H18ClNO6. The van der Waals surface area contributed by atoms with Gasteiger partial charge >= 0.3 is 5.97 Å². The maximum atomic E-state index is 12.1. The maximum absolute atomic E-state index is 12.1. The van der Waals surface area contributed by atoms with Gasteiger partial charge in [0.05, 0.1) is 23.9 Å². The van der Waals surface area contributed by atoms with E-state index in [1.807, 2.05) is 0 Å². The van der Waals surface area contributed by atoms with Crippen LogP contribution < -0.4 is 14.9 Å². The molecular weight excluding hydrogens is 362 g/mol. The van der Waals surface area contributed by atoms with Crippen molar-refractivity contribution >= 4 is 17.6 Å². The third kappa shape index (κ3) is 3.68. The Morgan fingerprint density at radius 3 is 2.88 bits per heavy atom. The van der Waals surface area contributed by atoms with E-state index in [1.165, 1.54) is 12.3 Å². The number of nitrogens with zero attached hydrogens (tertiary/aromatic N) is 1. The van der Waals surface area contributed by atoms with Crippen LogP contribution in [0.25, 0.3) is 11.3 Å². The largest absolute Gasteiger partial charge is 0.492 e. The first kappa shape index (κ1) is 18.3. The average Bonchev–Trinajstić information content (AvgIpc) is 2.77. The van der Waals surface area contributed by atoms with E-state index in [1.54, 1.807) is 23.8 Å². The molecule has 2 aromatic rings. The molecule has 0 unspecified atom stereocenters. The molecule has 0 aliphatic carbocycles. The zero-order valence-corrected chi connectivity index (χ0v) is 14.9. The van der Waals surface area contributed by atoms with Crippen LogP contribution >= 0.6 is 11.6 Å². The molecule has 0 spiro atoms. The van der Waals surface area contributed by atoms with Gasteiger partial charge in [0.2, 0.25) is 0 Å². The lowest BCUT2D eigenvalue weighted by Gasteiger charge is -2.14. The number of aromatic carboxylic acids is 1. The molecule has 1 aliphatic rings. The predicted octanol–water partition coefficient (Wildman–Crippen LogP) is 2.67.